The third kappa shape index (κ3) is 3.92. The highest BCUT2D eigenvalue weighted by atomic mass is 79.9. The van der Waals surface area contributed by atoms with Gasteiger partial charge in [-0.2, -0.15) is 0 Å². The molecule has 0 aliphatic rings. The van der Waals surface area contributed by atoms with Gasteiger partial charge in [0.1, 0.15) is 0 Å². The van der Waals surface area contributed by atoms with Crippen LogP contribution in [-0.2, 0) is 10.8 Å². The van der Waals surface area contributed by atoms with Gasteiger partial charge in [0, 0.05) is 15.1 Å². The normalized spacial score (nSPS) is 12.7. The molecule has 100 valence electrons. The Kier molecular flexibility index (Phi) is 6.02. The molecule has 1 N–H and O–H groups in total. The van der Waals surface area contributed by atoms with E-state index in [2.05, 4.69) is 29.8 Å². The molecule has 1 aromatic rings. The fraction of sp³-hybridized carbons (Fsp3) is 0.462. The molecular weight excluding hydrogens is 316 g/mol. The van der Waals surface area contributed by atoms with Crippen molar-refractivity contribution in [3.63, 3.8) is 0 Å². The summed E-state index contributed by atoms with van der Waals surface area (Å²) in [7, 11) is -1.13. The van der Waals surface area contributed by atoms with E-state index >= 15 is 0 Å². The quantitative estimate of drug-likeness (QED) is 0.864. The summed E-state index contributed by atoms with van der Waals surface area (Å²) >= 11 is 3.18. The standard InChI is InChI=1S/C13H17BrO3S/c1-3-9(4-2)8-18(17)10-5-6-12(14)11(7-10)13(15)16/h5-7,9H,3-4,8H2,1-2H3,(H,15,16). The molecule has 1 aromatic carbocycles. The number of aromatic carboxylic acids is 1. The first kappa shape index (κ1) is 15.4. The number of hydrogen-bond acceptors (Lipinski definition) is 2. The first-order chi connectivity index (χ1) is 8.49. The average Bonchev–Trinajstić information content (AvgIpc) is 2.35. The minimum Gasteiger partial charge on any atom is -0.478 e. The minimum absolute atomic E-state index is 0.158. The predicted molar refractivity (Wildman–Crippen MR) is 76.4 cm³/mol. The molecular formula is C13H17BrO3S. The van der Waals surface area contributed by atoms with Crippen LogP contribution >= 0.6 is 15.9 Å². The van der Waals surface area contributed by atoms with E-state index in [1.165, 1.54) is 6.07 Å². The maximum absolute atomic E-state index is 12.2. The molecule has 0 heterocycles. The molecule has 3 nitrogen and oxygen atoms in total. The van der Waals surface area contributed by atoms with Crippen molar-refractivity contribution in [1.29, 1.82) is 0 Å². The lowest BCUT2D eigenvalue weighted by atomic mass is 10.1. The minimum atomic E-state index is -1.13. The Morgan fingerprint density at radius 3 is 2.50 bits per heavy atom. The molecule has 0 amide bonds. The SMILES string of the molecule is CCC(CC)CS(=O)c1ccc(Br)c(C(=O)O)c1. The Morgan fingerprint density at radius 1 is 1.39 bits per heavy atom. The lowest BCUT2D eigenvalue weighted by Crippen LogP contribution is -2.10. The summed E-state index contributed by atoms with van der Waals surface area (Å²) in [6, 6.07) is 4.85. The highest BCUT2D eigenvalue weighted by Gasteiger charge is 2.14. The first-order valence-electron chi connectivity index (χ1n) is 5.90. The van der Waals surface area contributed by atoms with Crippen molar-refractivity contribution in [3.8, 4) is 0 Å². The second-order valence-corrected chi connectivity index (χ2v) is 6.49. The summed E-state index contributed by atoms with van der Waals surface area (Å²) in [5.41, 5.74) is 0.158. The van der Waals surface area contributed by atoms with E-state index in [-0.39, 0.29) is 5.56 Å². The maximum Gasteiger partial charge on any atom is 0.336 e. The zero-order valence-electron chi connectivity index (χ0n) is 10.5. The average molecular weight is 333 g/mol. The highest BCUT2D eigenvalue weighted by Crippen LogP contribution is 2.22. The third-order valence-corrected chi connectivity index (χ3v) is 5.22. The van der Waals surface area contributed by atoms with Crippen molar-refractivity contribution >= 4 is 32.7 Å². The fourth-order valence-corrected chi connectivity index (χ4v) is 3.62. The smallest absolute Gasteiger partial charge is 0.336 e. The molecule has 1 rings (SSSR count). The number of hydrogen-bond donors (Lipinski definition) is 1. The van der Waals surface area contributed by atoms with E-state index in [4.69, 9.17) is 5.11 Å². The molecule has 0 saturated carbocycles. The van der Waals surface area contributed by atoms with Gasteiger partial charge in [0.2, 0.25) is 0 Å². The lowest BCUT2D eigenvalue weighted by molar-refractivity contribution is 0.0695. The van der Waals surface area contributed by atoms with Crippen LogP contribution in [-0.4, -0.2) is 21.0 Å². The van der Waals surface area contributed by atoms with Gasteiger partial charge in [-0.05, 0) is 40.0 Å². The molecule has 0 aromatic heterocycles. The molecule has 0 spiro atoms. The van der Waals surface area contributed by atoms with Crippen LogP contribution in [0.15, 0.2) is 27.6 Å². The second-order valence-electron chi connectivity index (χ2n) is 4.14. The lowest BCUT2D eigenvalue weighted by Gasteiger charge is -2.12. The zero-order valence-corrected chi connectivity index (χ0v) is 12.9. The number of benzene rings is 1. The van der Waals surface area contributed by atoms with Gasteiger partial charge in [0.05, 0.1) is 16.4 Å². The molecule has 0 aliphatic carbocycles. The van der Waals surface area contributed by atoms with Gasteiger partial charge >= 0.3 is 5.97 Å². The predicted octanol–water partition coefficient (Wildman–Crippen LogP) is 3.69. The van der Waals surface area contributed by atoms with Crippen molar-refractivity contribution in [2.24, 2.45) is 5.92 Å². The van der Waals surface area contributed by atoms with E-state index in [9.17, 15) is 9.00 Å². The third-order valence-electron chi connectivity index (χ3n) is 2.97. The first-order valence-corrected chi connectivity index (χ1v) is 8.02. The maximum atomic E-state index is 12.2. The Balaban J connectivity index is 2.93. The van der Waals surface area contributed by atoms with Crippen molar-refractivity contribution in [2.45, 2.75) is 31.6 Å². The van der Waals surface area contributed by atoms with E-state index in [0.29, 0.717) is 21.0 Å². The summed E-state index contributed by atoms with van der Waals surface area (Å²) in [6.45, 7) is 4.16. The molecule has 18 heavy (non-hydrogen) atoms. The van der Waals surface area contributed by atoms with Crippen LogP contribution in [0, 0.1) is 5.92 Å². The van der Waals surface area contributed by atoms with E-state index in [1.807, 2.05) is 0 Å². The van der Waals surface area contributed by atoms with Gasteiger partial charge in [0.15, 0.2) is 0 Å². The van der Waals surface area contributed by atoms with Crippen LogP contribution in [0.2, 0.25) is 0 Å². The van der Waals surface area contributed by atoms with Crippen molar-refractivity contribution < 1.29 is 14.1 Å². The highest BCUT2D eigenvalue weighted by molar-refractivity contribution is 9.10. The Hall–Kier alpha value is -0.680. The number of carboxylic acid groups (broad SMARTS) is 1. The summed E-state index contributed by atoms with van der Waals surface area (Å²) < 4.78 is 12.7. The molecule has 5 heteroatoms. The Morgan fingerprint density at radius 2 is 2.00 bits per heavy atom. The number of rotatable bonds is 6. The summed E-state index contributed by atoms with van der Waals surface area (Å²) in [5, 5.41) is 9.02. The van der Waals surface area contributed by atoms with Crippen LogP contribution in [0.25, 0.3) is 0 Å². The number of carbonyl (C=O) groups is 1. The largest absolute Gasteiger partial charge is 0.478 e. The van der Waals surface area contributed by atoms with Gasteiger partial charge in [-0.25, -0.2) is 4.79 Å². The van der Waals surface area contributed by atoms with Crippen molar-refractivity contribution in [3.05, 3.63) is 28.2 Å². The zero-order chi connectivity index (χ0) is 13.7. The topological polar surface area (TPSA) is 54.4 Å². The van der Waals surface area contributed by atoms with Gasteiger partial charge in [-0.1, -0.05) is 26.7 Å². The summed E-state index contributed by atoms with van der Waals surface area (Å²) in [6.07, 6.45) is 1.98. The molecule has 0 saturated heterocycles. The Bertz CT molecular complexity index is 456. The molecule has 0 radical (unpaired) electrons. The molecule has 0 aliphatic heterocycles. The van der Waals surface area contributed by atoms with Gasteiger partial charge in [-0.15, -0.1) is 0 Å². The fourth-order valence-electron chi connectivity index (χ4n) is 1.64. The summed E-state index contributed by atoms with van der Waals surface area (Å²) in [5.74, 6) is -0.000688. The monoisotopic (exact) mass is 332 g/mol. The number of carboxylic acids is 1. The van der Waals surface area contributed by atoms with E-state index in [0.717, 1.165) is 12.8 Å². The molecule has 0 fully saturated rings. The molecule has 0 bridgehead atoms. The van der Waals surface area contributed by atoms with Crippen LogP contribution in [0.5, 0.6) is 0 Å². The van der Waals surface area contributed by atoms with Crippen LogP contribution in [0.3, 0.4) is 0 Å². The van der Waals surface area contributed by atoms with E-state index < -0.39 is 16.8 Å². The molecule has 1 atom stereocenters. The van der Waals surface area contributed by atoms with Gasteiger partial charge in [-0.3, -0.25) is 4.21 Å². The van der Waals surface area contributed by atoms with Crippen LogP contribution in [0.4, 0.5) is 0 Å². The Labute approximate surface area is 118 Å². The summed E-state index contributed by atoms with van der Waals surface area (Å²) in [4.78, 5) is 11.6. The van der Waals surface area contributed by atoms with E-state index in [1.54, 1.807) is 12.1 Å². The second kappa shape index (κ2) is 7.04. The van der Waals surface area contributed by atoms with Gasteiger partial charge < -0.3 is 5.11 Å². The number of halogens is 1. The van der Waals surface area contributed by atoms with Crippen LogP contribution < -0.4 is 0 Å². The van der Waals surface area contributed by atoms with Crippen molar-refractivity contribution in [1.82, 2.24) is 0 Å². The van der Waals surface area contributed by atoms with Crippen LogP contribution in [0.1, 0.15) is 37.0 Å². The molecule has 1 unspecified atom stereocenters. The van der Waals surface area contributed by atoms with Crippen molar-refractivity contribution in [2.75, 3.05) is 5.75 Å². The van der Waals surface area contributed by atoms with Gasteiger partial charge in [0.25, 0.3) is 0 Å².